The molecule has 2 atom stereocenters. The molecule has 1 fully saturated rings. The average molecular weight is 454 g/mol. The second-order valence-corrected chi connectivity index (χ2v) is 9.66. The summed E-state index contributed by atoms with van der Waals surface area (Å²) in [5.74, 6) is -1.82. The maximum absolute atomic E-state index is 13.5. The van der Waals surface area contributed by atoms with E-state index in [2.05, 4.69) is 0 Å². The number of Topliss-reactive ketones (excluding diaryl/α,β-unsaturated/α-hetero) is 1. The summed E-state index contributed by atoms with van der Waals surface area (Å²) in [6, 6.07) is 4.51. The fourth-order valence-corrected chi connectivity index (χ4v) is 5.51. The minimum absolute atomic E-state index is 0.0407. The monoisotopic (exact) mass is 453 g/mol. The van der Waals surface area contributed by atoms with Crippen LogP contribution in [-0.2, 0) is 19.6 Å². The Morgan fingerprint density at radius 3 is 2.06 bits per heavy atom. The Labute approximate surface area is 183 Å². The molecule has 1 amide bonds. The van der Waals surface area contributed by atoms with Crippen molar-refractivity contribution in [1.29, 1.82) is 0 Å². The SMILES string of the molecule is CCN(CC)CCN(C(=O)[C@H]1CCCC[C@H]1C(C)=O)S(=O)(=O)c1ccc([N+](=O)[O-])cc1. The maximum Gasteiger partial charge on any atom is 0.269 e. The third kappa shape index (κ3) is 5.88. The van der Waals surface area contributed by atoms with Crippen LogP contribution in [0.5, 0.6) is 0 Å². The Morgan fingerprint density at radius 2 is 1.58 bits per heavy atom. The number of ketones is 1. The Balaban J connectivity index is 2.41. The van der Waals surface area contributed by atoms with Gasteiger partial charge in [-0.25, -0.2) is 12.7 Å². The molecule has 9 nitrogen and oxygen atoms in total. The van der Waals surface area contributed by atoms with Crippen molar-refractivity contribution in [3.8, 4) is 0 Å². The van der Waals surface area contributed by atoms with Crippen molar-refractivity contribution in [2.75, 3.05) is 26.2 Å². The van der Waals surface area contributed by atoms with Gasteiger partial charge in [0.15, 0.2) is 0 Å². The van der Waals surface area contributed by atoms with E-state index in [1.54, 1.807) is 0 Å². The van der Waals surface area contributed by atoms with E-state index in [1.165, 1.54) is 6.92 Å². The van der Waals surface area contributed by atoms with E-state index in [9.17, 15) is 28.1 Å². The molecule has 1 aliphatic carbocycles. The molecule has 31 heavy (non-hydrogen) atoms. The zero-order valence-corrected chi connectivity index (χ0v) is 19.1. The fraction of sp³-hybridized carbons (Fsp3) is 0.619. The van der Waals surface area contributed by atoms with E-state index in [0.717, 1.165) is 41.4 Å². The van der Waals surface area contributed by atoms with Crippen molar-refractivity contribution < 1.29 is 22.9 Å². The van der Waals surface area contributed by atoms with E-state index in [-0.39, 0.29) is 22.9 Å². The van der Waals surface area contributed by atoms with Crippen LogP contribution in [0.15, 0.2) is 29.2 Å². The van der Waals surface area contributed by atoms with Gasteiger partial charge in [0.25, 0.3) is 15.7 Å². The number of benzene rings is 1. The molecule has 0 N–H and O–H groups in total. The number of sulfonamides is 1. The Hall–Kier alpha value is -2.33. The number of nitrogens with zero attached hydrogens (tertiary/aromatic N) is 3. The summed E-state index contributed by atoms with van der Waals surface area (Å²) in [5.41, 5.74) is -0.233. The quantitative estimate of drug-likeness (QED) is 0.395. The summed E-state index contributed by atoms with van der Waals surface area (Å²) in [6.07, 6.45) is 2.65. The molecule has 1 aliphatic rings. The largest absolute Gasteiger partial charge is 0.302 e. The van der Waals surface area contributed by atoms with Crippen LogP contribution >= 0.6 is 0 Å². The number of hydrogen-bond donors (Lipinski definition) is 0. The average Bonchev–Trinajstić information content (AvgIpc) is 2.76. The van der Waals surface area contributed by atoms with Gasteiger partial charge in [-0.15, -0.1) is 0 Å². The Kier molecular flexibility index (Phi) is 8.69. The number of hydrogen-bond acceptors (Lipinski definition) is 7. The van der Waals surface area contributed by atoms with Gasteiger partial charge in [-0.1, -0.05) is 26.7 Å². The lowest BCUT2D eigenvalue weighted by molar-refractivity contribution is -0.384. The highest BCUT2D eigenvalue weighted by molar-refractivity contribution is 7.89. The first-order valence-corrected chi connectivity index (χ1v) is 12.1. The molecular weight excluding hydrogens is 422 g/mol. The van der Waals surface area contributed by atoms with Crippen LogP contribution in [0.2, 0.25) is 0 Å². The van der Waals surface area contributed by atoms with Gasteiger partial charge in [0, 0.05) is 37.1 Å². The molecule has 1 aromatic carbocycles. The summed E-state index contributed by atoms with van der Waals surface area (Å²) in [5, 5.41) is 10.9. The second kappa shape index (κ2) is 10.8. The Morgan fingerprint density at radius 1 is 1.03 bits per heavy atom. The minimum Gasteiger partial charge on any atom is -0.302 e. The van der Waals surface area contributed by atoms with Gasteiger partial charge in [0.05, 0.1) is 9.82 Å². The van der Waals surface area contributed by atoms with Crippen LogP contribution < -0.4 is 0 Å². The van der Waals surface area contributed by atoms with Crippen molar-refractivity contribution in [2.24, 2.45) is 11.8 Å². The molecule has 2 rings (SSSR count). The summed E-state index contributed by atoms with van der Waals surface area (Å²) in [6.45, 7) is 7.08. The molecule has 1 aromatic rings. The number of nitro groups is 1. The van der Waals surface area contributed by atoms with Crippen LogP contribution in [0.25, 0.3) is 0 Å². The molecule has 0 spiro atoms. The molecule has 1 saturated carbocycles. The summed E-state index contributed by atoms with van der Waals surface area (Å²) in [4.78, 5) is 37.7. The highest BCUT2D eigenvalue weighted by Gasteiger charge is 2.40. The molecule has 0 saturated heterocycles. The van der Waals surface area contributed by atoms with Crippen molar-refractivity contribution in [3.63, 3.8) is 0 Å². The highest BCUT2D eigenvalue weighted by atomic mass is 32.2. The van der Waals surface area contributed by atoms with Crippen LogP contribution in [-0.4, -0.2) is 60.4 Å². The number of rotatable bonds is 10. The van der Waals surface area contributed by atoms with E-state index in [4.69, 9.17) is 0 Å². The number of carbonyl (C=O) groups is 2. The van der Waals surface area contributed by atoms with Crippen LogP contribution in [0.4, 0.5) is 5.69 Å². The standard InChI is InChI=1S/C21H31N3O6S/c1-4-22(5-2)14-15-23(21(26)20-9-7-6-8-19(20)16(3)25)31(29,30)18-12-10-17(11-13-18)24(27)28/h10-13,19-20H,4-9,14-15H2,1-3H3/t19-,20-/m0/s1. The van der Waals surface area contributed by atoms with E-state index >= 15 is 0 Å². The molecule has 0 bridgehead atoms. The predicted octanol–water partition coefficient (Wildman–Crippen LogP) is 2.85. The fourth-order valence-electron chi connectivity index (χ4n) is 4.09. The lowest BCUT2D eigenvalue weighted by Gasteiger charge is -2.34. The number of amides is 1. The molecule has 172 valence electrons. The van der Waals surface area contributed by atoms with Gasteiger partial charge in [0.2, 0.25) is 5.91 Å². The van der Waals surface area contributed by atoms with Gasteiger partial charge in [-0.2, -0.15) is 0 Å². The summed E-state index contributed by atoms with van der Waals surface area (Å²) in [7, 11) is -4.23. The molecule has 0 unspecified atom stereocenters. The van der Waals surface area contributed by atoms with E-state index in [1.807, 2.05) is 18.7 Å². The van der Waals surface area contributed by atoms with Gasteiger partial charge in [-0.3, -0.25) is 19.7 Å². The zero-order chi connectivity index (χ0) is 23.2. The molecule has 0 heterocycles. The molecule has 0 aliphatic heterocycles. The Bertz CT molecular complexity index is 896. The third-order valence-electron chi connectivity index (χ3n) is 6.00. The number of likely N-dealkylation sites (N-methyl/N-ethyl adjacent to an activating group) is 1. The van der Waals surface area contributed by atoms with Crippen molar-refractivity contribution in [3.05, 3.63) is 34.4 Å². The number of carbonyl (C=O) groups excluding carboxylic acids is 2. The zero-order valence-electron chi connectivity index (χ0n) is 18.3. The predicted molar refractivity (Wildman–Crippen MR) is 116 cm³/mol. The van der Waals surface area contributed by atoms with Gasteiger partial charge < -0.3 is 4.90 Å². The smallest absolute Gasteiger partial charge is 0.269 e. The summed E-state index contributed by atoms with van der Waals surface area (Å²) < 4.78 is 27.7. The number of non-ortho nitro benzene ring substituents is 1. The first-order valence-electron chi connectivity index (χ1n) is 10.7. The normalized spacial score (nSPS) is 19.2. The first kappa shape index (κ1) is 24.9. The van der Waals surface area contributed by atoms with E-state index < -0.39 is 32.7 Å². The van der Waals surface area contributed by atoms with Gasteiger partial charge >= 0.3 is 0 Å². The number of nitro benzene ring substituents is 1. The lowest BCUT2D eigenvalue weighted by Crippen LogP contribution is -2.47. The van der Waals surface area contributed by atoms with E-state index in [0.29, 0.717) is 32.5 Å². The van der Waals surface area contributed by atoms with Crippen molar-refractivity contribution in [2.45, 2.75) is 51.3 Å². The lowest BCUT2D eigenvalue weighted by atomic mass is 9.77. The maximum atomic E-state index is 13.5. The minimum atomic E-state index is -4.23. The first-order chi connectivity index (χ1) is 14.6. The molecule has 0 aromatic heterocycles. The molecule has 0 radical (unpaired) electrons. The van der Waals surface area contributed by atoms with Crippen LogP contribution in [0, 0.1) is 22.0 Å². The highest BCUT2D eigenvalue weighted by Crippen LogP contribution is 2.33. The second-order valence-electron chi connectivity index (χ2n) is 7.80. The van der Waals surface area contributed by atoms with Crippen molar-refractivity contribution >= 4 is 27.4 Å². The molecular formula is C21H31N3O6S. The topological polar surface area (TPSA) is 118 Å². The summed E-state index contributed by atoms with van der Waals surface area (Å²) >= 11 is 0. The van der Waals surface area contributed by atoms with Gasteiger partial charge in [0.1, 0.15) is 5.78 Å². The third-order valence-corrected chi connectivity index (χ3v) is 7.81. The van der Waals surface area contributed by atoms with Crippen molar-refractivity contribution in [1.82, 2.24) is 9.21 Å². The van der Waals surface area contributed by atoms with Crippen LogP contribution in [0.3, 0.4) is 0 Å². The van der Waals surface area contributed by atoms with Gasteiger partial charge in [-0.05, 0) is 45.0 Å². The van der Waals surface area contributed by atoms with Crippen LogP contribution in [0.1, 0.15) is 46.5 Å². The molecule has 10 heteroatoms.